The Hall–Kier alpha value is -2.73. The van der Waals surface area contributed by atoms with Gasteiger partial charge in [-0.05, 0) is 69.7 Å². The lowest BCUT2D eigenvalue weighted by Gasteiger charge is -2.35. The summed E-state index contributed by atoms with van der Waals surface area (Å²) in [5.41, 5.74) is 4.49. The molecule has 2 aromatic rings. The van der Waals surface area contributed by atoms with Crippen molar-refractivity contribution in [3.05, 3.63) is 53.9 Å². The molecule has 2 unspecified atom stereocenters. The van der Waals surface area contributed by atoms with Crippen molar-refractivity contribution in [3.63, 3.8) is 0 Å². The van der Waals surface area contributed by atoms with Crippen LogP contribution >= 0.6 is 0 Å². The highest BCUT2D eigenvalue weighted by atomic mass is 16.2. The minimum absolute atomic E-state index is 0.00512. The van der Waals surface area contributed by atoms with E-state index in [4.69, 9.17) is 0 Å². The van der Waals surface area contributed by atoms with Crippen LogP contribution in [0.4, 0.5) is 0 Å². The van der Waals surface area contributed by atoms with Crippen LogP contribution in [0.2, 0.25) is 0 Å². The summed E-state index contributed by atoms with van der Waals surface area (Å²) in [6, 6.07) is 9.79. The summed E-state index contributed by atoms with van der Waals surface area (Å²) < 4.78 is 0. The summed E-state index contributed by atoms with van der Waals surface area (Å²) in [5, 5.41) is 6.12. The molecule has 1 saturated carbocycles. The molecule has 4 rings (SSSR count). The maximum Gasteiger partial charge on any atom is 0.245 e. The average molecular weight is 463 g/mol. The van der Waals surface area contributed by atoms with Gasteiger partial charge < -0.3 is 15.5 Å². The van der Waals surface area contributed by atoms with Crippen LogP contribution in [0.3, 0.4) is 0 Å². The first kappa shape index (κ1) is 24.4. The number of benzene rings is 1. The Balaban J connectivity index is 1.58. The molecule has 182 valence electrons. The molecule has 6 heteroatoms. The Morgan fingerprint density at radius 3 is 2.56 bits per heavy atom. The number of pyridine rings is 1. The smallest absolute Gasteiger partial charge is 0.245 e. The SMILES string of the molecule is CNC(C)C(=O)N[C@H](C(=O)N1CCCC1c1cncc(-c2cccc(C)c2)c1)C1CCCCC1. The van der Waals surface area contributed by atoms with Gasteiger partial charge in [-0.1, -0.05) is 49.1 Å². The highest BCUT2D eigenvalue weighted by Crippen LogP contribution is 2.36. The molecule has 2 fully saturated rings. The zero-order valence-electron chi connectivity index (χ0n) is 20.7. The Labute approximate surface area is 203 Å². The van der Waals surface area contributed by atoms with Gasteiger partial charge in [0.1, 0.15) is 6.04 Å². The molecule has 2 heterocycles. The van der Waals surface area contributed by atoms with E-state index in [2.05, 4.69) is 52.9 Å². The summed E-state index contributed by atoms with van der Waals surface area (Å²) in [6.45, 7) is 4.64. The molecule has 1 saturated heterocycles. The molecule has 0 radical (unpaired) electrons. The number of likely N-dealkylation sites (tertiary alicyclic amines) is 1. The zero-order chi connectivity index (χ0) is 24.1. The number of aryl methyl sites for hydroxylation is 1. The van der Waals surface area contributed by atoms with Crippen LogP contribution in [0.15, 0.2) is 42.7 Å². The molecule has 0 spiro atoms. The van der Waals surface area contributed by atoms with Crippen molar-refractivity contribution in [1.82, 2.24) is 20.5 Å². The number of hydrogen-bond donors (Lipinski definition) is 2. The van der Waals surface area contributed by atoms with Crippen LogP contribution in [0, 0.1) is 12.8 Å². The van der Waals surface area contributed by atoms with Crippen LogP contribution in [0.25, 0.3) is 11.1 Å². The Morgan fingerprint density at radius 2 is 1.82 bits per heavy atom. The fourth-order valence-electron chi connectivity index (χ4n) is 5.44. The van der Waals surface area contributed by atoms with Crippen molar-refractivity contribution < 1.29 is 9.59 Å². The molecule has 1 aromatic carbocycles. The monoisotopic (exact) mass is 462 g/mol. The van der Waals surface area contributed by atoms with Crippen LogP contribution in [0.1, 0.15) is 69.0 Å². The third-order valence-electron chi connectivity index (χ3n) is 7.54. The number of amides is 2. The van der Waals surface area contributed by atoms with Gasteiger partial charge in [-0.15, -0.1) is 0 Å². The predicted octanol–water partition coefficient (Wildman–Crippen LogP) is 4.39. The minimum Gasteiger partial charge on any atom is -0.343 e. The predicted molar refractivity (Wildman–Crippen MR) is 135 cm³/mol. The third kappa shape index (κ3) is 5.49. The molecule has 1 aliphatic carbocycles. The fourth-order valence-corrected chi connectivity index (χ4v) is 5.44. The Bertz CT molecular complexity index is 1000. The molecular weight excluding hydrogens is 424 g/mol. The molecule has 2 amide bonds. The molecular formula is C28H38N4O2. The van der Waals surface area contributed by atoms with E-state index in [0.717, 1.165) is 61.8 Å². The van der Waals surface area contributed by atoms with Crippen molar-refractivity contribution in [1.29, 1.82) is 0 Å². The maximum atomic E-state index is 13.9. The van der Waals surface area contributed by atoms with Crippen LogP contribution in [-0.4, -0.2) is 47.4 Å². The number of rotatable bonds is 7. The van der Waals surface area contributed by atoms with Gasteiger partial charge in [-0.2, -0.15) is 0 Å². The van der Waals surface area contributed by atoms with E-state index in [-0.39, 0.29) is 29.8 Å². The van der Waals surface area contributed by atoms with Gasteiger partial charge in [0, 0.05) is 24.5 Å². The van der Waals surface area contributed by atoms with E-state index in [1.165, 1.54) is 12.0 Å². The molecule has 34 heavy (non-hydrogen) atoms. The summed E-state index contributed by atoms with van der Waals surface area (Å²) in [5.74, 6) is 0.157. The summed E-state index contributed by atoms with van der Waals surface area (Å²) in [4.78, 5) is 33.2. The Kier molecular flexibility index (Phi) is 7.99. The number of nitrogens with zero attached hydrogens (tertiary/aromatic N) is 2. The number of carbonyl (C=O) groups is 2. The van der Waals surface area contributed by atoms with E-state index in [1.807, 2.05) is 24.2 Å². The third-order valence-corrected chi connectivity index (χ3v) is 7.54. The van der Waals surface area contributed by atoms with Crippen LogP contribution in [-0.2, 0) is 9.59 Å². The normalized spacial score (nSPS) is 20.7. The van der Waals surface area contributed by atoms with E-state index in [9.17, 15) is 9.59 Å². The van der Waals surface area contributed by atoms with Gasteiger partial charge in [0.15, 0.2) is 0 Å². The first-order valence-electron chi connectivity index (χ1n) is 12.8. The standard InChI is InChI=1S/C28H38N4O2/c1-19-9-7-12-22(15-19)23-16-24(18-30-17-23)25-13-8-14-32(25)28(34)26(21-10-5-4-6-11-21)31-27(33)20(2)29-3/h7,9,12,15-18,20-21,25-26,29H,4-6,8,10-11,13-14H2,1-3H3,(H,31,33)/t20?,25?,26-/m0/s1. The van der Waals surface area contributed by atoms with Gasteiger partial charge in [0.2, 0.25) is 11.8 Å². The zero-order valence-corrected chi connectivity index (χ0v) is 20.7. The molecule has 6 nitrogen and oxygen atoms in total. The lowest BCUT2D eigenvalue weighted by molar-refractivity contribution is -0.139. The quantitative estimate of drug-likeness (QED) is 0.640. The van der Waals surface area contributed by atoms with Crippen molar-refractivity contribution in [3.8, 4) is 11.1 Å². The minimum atomic E-state index is -0.461. The van der Waals surface area contributed by atoms with Crippen LogP contribution < -0.4 is 10.6 Å². The van der Waals surface area contributed by atoms with Gasteiger partial charge in [-0.3, -0.25) is 14.6 Å². The second-order valence-corrected chi connectivity index (χ2v) is 9.96. The van der Waals surface area contributed by atoms with Gasteiger partial charge >= 0.3 is 0 Å². The highest BCUT2D eigenvalue weighted by Gasteiger charge is 2.39. The number of likely N-dealkylation sites (N-methyl/N-ethyl adjacent to an activating group) is 1. The molecule has 0 bridgehead atoms. The fraction of sp³-hybridized carbons (Fsp3) is 0.536. The van der Waals surface area contributed by atoms with E-state index in [0.29, 0.717) is 0 Å². The highest BCUT2D eigenvalue weighted by molar-refractivity contribution is 5.90. The molecule has 2 aliphatic rings. The van der Waals surface area contributed by atoms with Gasteiger partial charge in [0.25, 0.3) is 0 Å². The number of carbonyl (C=O) groups excluding carboxylic acids is 2. The molecule has 1 aliphatic heterocycles. The molecule has 1 aromatic heterocycles. The summed E-state index contributed by atoms with van der Waals surface area (Å²) in [6.07, 6.45) is 11.1. The lowest BCUT2D eigenvalue weighted by atomic mass is 9.83. The van der Waals surface area contributed by atoms with Crippen molar-refractivity contribution in [2.24, 2.45) is 5.92 Å². The second-order valence-electron chi connectivity index (χ2n) is 9.96. The summed E-state index contributed by atoms with van der Waals surface area (Å²) >= 11 is 0. The van der Waals surface area contributed by atoms with Crippen molar-refractivity contribution in [2.45, 2.75) is 76.9 Å². The second kappa shape index (κ2) is 11.1. The van der Waals surface area contributed by atoms with E-state index >= 15 is 0 Å². The van der Waals surface area contributed by atoms with E-state index in [1.54, 1.807) is 7.05 Å². The van der Waals surface area contributed by atoms with Crippen LogP contribution in [0.5, 0.6) is 0 Å². The van der Waals surface area contributed by atoms with Gasteiger partial charge in [0.05, 0.1) is 12.1 Å². The Morgan fingerprint density at radius 1 is 1.03 bits per heavy atom. The number of nitrogens with one attached hydrogen (secondary N) is 2. The van der Waals surface area contributed by atoms with Crippen molar-refractivity contribution in [2.75, 3.05) is 13.6 Å². The molecule has 2 N–H and O–H groups in total. The topological polar surface area (TPSA) is 74.3 Å². The lowest BCUT2D eigenvalue weighted by Crippen LogP contribution is -2.55. The van der Waals surface area contributed by atoms with E-state index < -0.39 is 6.04 Å². The maximum absolute atomic E-state index is 13.9. The first-order valence-corrected chi connectivity index (χ1v) is 12.8. The molecule has 3 atom stereocenters. The first-order chi connectivity index (χ1) is 16.5. The van der Waals surface area contributed by atoms with Crippen molar-refractivity contribution >= 4 is 11.8 Å². The average Bonchev–Trinajstić information content (AvgIpc) is 3.37. The summed E-state index contributed by atoms with van der Waals surface area (Å²) in [7, 11) is 1.77. The number of aromatic nitrogens is 1. The number of hydrogen-bond acceptors (Lipinski definition) is 4. The van der Waals surface area contributed by atoms with Gasteiger partial charge in [-0.25, -0.2) is 0 Å². The largest absolute Gasteiger partial charge is 0.343 e.